The van der Waals surface area contributed by atoms with E-state index in [1.54, 1.807) is 0 Å². The summed E-state index contributed by atoms with van der Waals surface area (Å²) in [6.45, 7) is 0. The number of aromatic nitrogens is 1. The molecule has 1 aromatic rings. The van der Waals surface area contributed by atoms with Crippen molar-refractivity contribution in [1.29, 1.82) is 5.41 Å². The fourth-order valence-corrected chi connectivity index (χ4v) is 0.754. The largest absolute Gasteiger partial charge is 0.416 e. The topological polar surface area (TPSA) is 62.8 Å². The summed E-state index contributed by atoms with van der Waals surface area (Å²) < 4.78 is 36.3. The second-order valence-electron chi connectivity index (χ2n) is 2.34. The van der Waals surface area contributed by atoms with Crippen molar-refractivity contribution in [2.45, 2.75) is 6.18 Å². The van der Waals surface area contributed by atoms with E-state index < -0.39 is 17.6 Å². The van der Waals surface area contributed by atoms with Crippen molar-refractivity contribution < 1.29 is 13.2 Å². The molecular weight excluding hydrogens is 219 g/mol. The van der Waals surface area contributed by atoms with Gasteiger partial charge >= 0.3 is 6.18 Å². The third kappa shape index (κ3) is 2.88. The first-order valence-electron chi connectivity index (χ1n) is 3.29. The Kier molecular flexibility index (Phi) is 3.88. The van der Waals surface area contributed by atoms with Gasteiger partial charge in [0.25, 0.3) is 0 Å². The number of nitrogen functional groups attached to an aromatic ring is 1. The van der Waals surface area contributed by atoms with Gasteiger partial charge in [-0.05, 0) is 12.1 Å². The van der Waals surface area contributed by atoms with Gasteiger partial charge in [0.2, 0.25) is 0 Å². The second-order valence-corrected chi connectivity index (χ2v) is 2.34. The number of nitrogens with zero attached hydrogens (tertiary/aromatic N) is 1. The van der Waals surface area contributed by atoms with Crippen molar-refractivity contribution in [2.75, 3.05) is 0 Å². The Hall–Kier alpha value is -1.30. The first kappa shape index (κ1) is 12.7. The number of halogens is 4. The predicted octanol–water partition coefficient (Wildman–Crippen LogP) is 1.81. The lowest BCUT2D eigenvalue weighted by Gasteiger charge is -2.06. The molecule has 1 rings (SSSR count). The van der Waals surface area contributed by atoms with Crippen LogP contribution in [-0.2, 0) is 6.18 Å². The van der Waals surface area contributed by atoms with E-state index >= 15 is 0 Å². The molecule has 78 valence electrons. The average Bonchev–Trinajstić information content (AvgIpc) is 2.03. The molecule has 1 aromatic heterocycles. The maximum atomic E-state index is 12.1. The van der Waals surface area contributed by atoms with E-state index in [9.17, 15) is 13.2 Å². The summed E-state index contributed by atoms with van der Waals surface area (Å²) in [5.41, 5.74) is 3.95. The highest BCUT2D eigenvalue weighted by Gasteiger charge is 2.30. The predicted molar refractivity (Wildman–Crippen MR) is 47.5 cm³/mol. The van der Waals surface area contributed by atoms with Crippen LogP contribution in [0.4, 0.5) is 13.2 Å². The number of alkyl halides is 3. The summed E-state index contributed by atoms with van der Waals surface area (Å²) in [4.78, 5) is 3.50. The lowest BCUT2D eigenvalue weighted by Crippen LogP contribution is -2.15. The molecule has 0 fully saturated rings. The molecule has 0 aliphatic rings. The highest BCUT2D eigenvalue weighted by Crippen LogP contribution is 2.28. The summed E-state index contributed by atoms with van der Waals surface area (Å²) in [6.07, 6.45) is -3.45. The molecule has 3 N–H and O–H groups in total. The van der Waals surface area contributed by atoms with Gasteiger partial charge in [-0.25, -0.2) is 0 Å². The molecule has 0 atom stereocenters. The molecular formula is C7H7ClF3N3. The third-order valence-corrected chi connectivity index (χ3v) is 1.36. The second kappa shape index (κ2) is 4.28. The SMILES string of the molecule is Cl.N=C(N)c1cc(C(F)(F)F)ccn1. The van der Waals surface area contributed by atoms with Crippen LogP contribution < -0.4 is 5.73 Å². The lowest BCUT2D eigenvalue weighted by atomic mass is 10.2. The van der Waals surface area contributed by atoms with Gasteiger partial charge in [-0.3, -0.25) is 10.4 Å². The summed E-state index contributed by atoms with van der Waals surface area (Å²) >= 11 is 0. The molecule has 0 radical (unpaired) electrons. The summed E-state index contributed by atoms with van der Waals surface area (Å²) in [6, 6.07) is 1.56. The smallest absolute Gasteiger partial charge is 0.382 e. The van der Waals surface area contributed by atoms with Crippen LogP contribution in [0.1, 0.15) is 11.3 Å². The number of hydrogen-bond donors (Lipinski definition) is 2. The Morgan fingerprint density at radius 1 is 1.43 bits per heavy atom. The van der Waals surface area contributed by atoms with Crippen LogP contribution in [0.25, 0.3) is 0 Å². The molecule has 0 unspecified atom stereocenters. The number of hydrogen-bond acceptors (Lipinski definition) is 2. The zero-order chi connectivity index (χ0) is 10.1. The van der Waals surface area contributed by atoms with Crippen molar-refractivity contribution >= 4 is 18.2 Å². The van der Waals surface area contributed by atoms with E-state index in [0.717, 1.165) is 18.3 Å². The van der Waals surface area contributed by atoms with E-state index in [1.807, 2.05) is 0 Å². The highest BCUT2D eigenvalue weighted by molar-refractivity contribution is 5.93. The standard InChI is InChI=1S/C7H6F3N3.ClH/c8-7(9,10)4-1-2-13-5(3-4)6(11)12;/h1-3H,(H3,11,12);1H. The lowest BCUT2D eigenvalue weighted by molar-refractivity contribution is -0.137. The Labute approximate surface area is 84.1 Å². The van der Waals surface area contributed by atoms with Crippen LogP contribution in [0.2, 0.25) is 0 Å². The maximum absolute atomic E-state index is 12.1. The number of pyridine rings is 1. The summed E-state index contributed by atoms with van der Waals surface area (Å²) in [5, 5.41) is 6.88. The van der Waals surface area contributed by atoms with Crippen molar-refractivity contribution in [1.82, 2.24) is 4.98 Å². The monoisotopic (exact) mass is 225 g/mol. The minimum Gasteiger partial charge on any atom is -0.382 e. The van der Waals surface area contributed by atoms with Crippen LogP contribution in [0.5, 0.6) is 0 Å². The first-order chi connectivity index (χ1) is 5.91. The fraction of sp³-hybridized carbons (Fsp3) is 0.143. The van der Waals surface area contributed by atoms with Crippen LogP contribution in [0.3, 0.4) is 0 Å². The number of nitrogens with two attached hydrogens (primary N) is 1. The van der Waals surface area contributed by atoms with Gasteiger partial charge in [0.15, 0.2) is 0 Å². The first-order valence-corrected chi connectivity index (χ1v) is 3.29. The minimum atomic E-state index is -4.42. The van der Waals surface area contributed by atoms with E-state index in [4.69, 9.17) is 11.1 Å². The molecule has 14 heavy (non-hydrogen) atoms. The molecule has 0 aliphatic carbocycles. The zero-order valence-corrected chi connectivity index (χ0v) is 7.62. The highest BCUT2D eigenvalue weighted by atomic mass is 35.5. The molecule has 7 heteroatoms. The van der Waals surface area contributed by atoms with Gasteiger partial charge in [-0.2, -0.15) is 13.2 Å². The number of nitrogens with one attached hydrogen (secondary N) is 1. The van der Waals surface area contributed by atoms with Crippen molar-refractivity contribution in [3.63, 3.8) is 0 Å². The zero-order valence-electron chi connectivity index (χ0n) is 6.80. The quantitative estimate of drug-likeness (QED) is 0.566. The molecule has 0 saturated carbocycles. The average molecular weight is 226 g/mol. The van der Waals surface area contributed by atoms with Crippen LogP contribution in [-0.4, -0.2) is 10.8 Å². The number of amidine groups is 1. The van der Waals surface area contributed by atoms with Crippen LogP contribution in [0.15, 0.2) is 18.3 Å². The summed E-state index contributed by atoms with van der Waals surface area (Å²) in [5.74, 6) is -0.480. The van der Waals surface area contributed by atoms with Gasteiger partial charge in [0.1, 0.15) is 11.5 Å². The van der Waals surface area contributed by atoms with Gasteiger partial charge in [0.05, 0.1) is 5.56 Å². The molecule has 0 aromatic carbocycles. The van der Waals surface area contributed by atoms with Gasteiger partial charge in [-0.1, -0.05) is 0 Å². The Morgan fingerprint density at radius 2 is 2.00 bits per heavy atom. The van der Waals surface area contributed by atoms with Crippen molar-refractivity contribution in [2.24, 2.45) is 5.73 Å². The third-order valence-electron chi connectivity index (χ3n) is 1.36. The number of rotatable bonds is 1. The van der Waals surface area contributed by atoms with Gasteiger partial charge < -0.3 is 5.73 Å². The Morgan fingerprint density at radius 3 is 2.43 bits per heavy atom. The molecule has 0 spiro atoms. The molecule has 1 heterocycles. The maximum Gasteiger partial charge on any atom is 0.416 e. The fourth-order valence-electron chi connectivity index (χ4n) is 0.754. The molecule has 0 aliphatic heterocycles. The van der Waals surface area contributed by atoms with E-state index in [0.29, 0.717) is 0 Å². The van der Waals surface area contributed by atoms with E-state index in [2.05, 4.69) is 4.98 Å². The van der Waals surface area contributed by atoms with Crippen LogP contribution in [0, 0.1) is 5.41 Å². The normalized spacial score (nSPS) is 10.5. The van der Waals surface area contributed by atoms with Gasteiger partial charge in [-0.15, -0.1) is 12.4 Å². The van der Waals surface area contributed by atoms with E-state index in [-0.39, 0.29) is 18.1 Å². The van der Waals surface area contributed by atoms with Crippen molar-refractivity contribution in [3.8, 4) is 0 Å². The van der Waals surface area contributed by atoms with Gasteiger partial charge in [0, 0.05) is 6.20 Å². The minimum absolute atomic E-state index is 0. The van der Waals surface area contributed by atoms with E-state index in [1.165, 1.54) is 0 Å². The Balaban J connectivity index is 0.00000169. The molecule has 0 amide bonds. The Bertz CT molecular complexity index is 337. The van der Waals surface area contributed by atoms with Crippen LogP contribution >= 0.6 is 12.4 Å². The molecule has 3 nitrogen and oxygen atoms in total. The molecule has 0 bridgehead atoms. The molecule has 0 saturated heterocycles. The summed E-state index contributed by atoms with van der Waals surface area (Å²) in [7, 11) is 0. The van der Waals surface area contributed by atoms with Crippen molar-refractivity contribution in [3.05, 3.63) is 29.6 Å².